The van der Waals surface area contributed by atoms with Gasteiger partial charge in [0.2, 0.25) is 0 Å². The molecule has 4 aromatic heterocycles. The van der Waals surface area contributed by atoms with Crippen LogP contribution in [0.5, 0.6) is 0 Å². The SMILES string of the molecule is Fc1cc(F)cc(-n2c3cccnc3c3cnc4c(c5ccccc5n4-c4ccccc4)c32)c1. The molecule has 4 heterocycles. The molecule has 7 aromatic rings. The van der Waals surface area contributed by atoms with Gasteiger partial charge in [0, 0.05) is 34.9 Å². The largest absolute Gasteiger partial charge is 0.307 e. The van der Waals surface area contributed by atoms with Gasteiger partial charge in [-0.3, -0.25) is 9.55 Å². The Morgan fingerprint density at radius 1 is 0.618 bits per heavy atom. The molecular formula is C28H16F2N4. The monoisotopic (exact) mass is 446 g/mol. The number of benzene rings is 3. The summed E-state index contributed by atoms with van der Waals surface area (Å²) in [7, 11) is 0. The van der Waals surface area contributed by atoms with Crippen molar-refractivity contribution < 1.29 is 8.78 Å². The van der Waals surface area contributed by atoms with E-state index in [0.717, 1.165) is 55.6 Å². The maximum atomic E-state index is 14.3. The molecule has 34 heavy (non-hydrogen) atoms. The molecule has 0 aliphatic heterocycles. The zero-order valence-electron chi connectivity index (χ0n) is 17.8. The van der Waals surface area contributed by atoms with Crippen LogP contribution in [0.3, 0.4) is 0 Å². The van der Waals surface area contributed by atoms with Crippen molar-refractivity contribution in [3.05, 3.63) is 109 Å². The van der Waals surface area contributed by atoms with E-state index in [1.807, 2.05) is 59.2 Å². The average Bonchev–Trinajstić information content (AvgIpc) is 3.37. The number of halogens is 2. The maximum absolute atomic E-state index is 14.3. The number of pyridine rings is 2. The number of aromatic nitrogens is 4. The Balaban J connectivity index is 1.76. The summed E-state index contributed by atoms with van der Waals surface area (Å²) < 4.78 is 32.7. The summed E-state index contributed by atoms with van der Waals surface area (Å²) in [5.41, 5.74) is 5.45. The first-order chi connectivity index (χ1) is 16.7. The molecule has 7 rings (SSSR count). The van der Waals surface area contributed by atoms with Gasteiger partial charge in [0.25, 0.3) is 0 Å². The fourth-order valence-electron chi connectivity index (χ4n) is 4.99. The van der Waals surface area contributed by atoms with Crippen molar-refractivity contribution >= 4 is 43.9 Å². The van der Waals surface area contributed by atoms with E-state index in [9.17, 15) is 8.78 Å². The van der Waals surface area contributed by atoms with E-state index < -0.39 is 11.6 Å². The minimum absolute atomic E-state index is 0.398. The van der Waals surface area contributed by atoms with E-state index in [1.165, 1.54) is 12.1 Å². The van der Waals surface area contributed by atoms with Crippen molar-refractivity contribution in [2.45, 2.75) is 0 Å². The molecule has 0 saturated carbocycles. The number of hydrogen-bond donors (Lipinski definition) is 0. The second-order valence-electron chi connectivity index (χ2n) is 8.24. The quantitative estimate of drug-likeness (QED) is 0.288. The van der Waals surface area contributed by atoms with Crippen molar-refractivity contribution in [3.63, 3.8) is 0 Å². The molecule has 0 spiro atoms. The topological polar surface area (TPSA) is 35.6 Å². The lowest BCUT2D eigenvalue weighted by molar-refractivity contribution is 0.582. The number of hydrogen-bond acceptors (Lipinski definition) is 2. The van der Waals surface area contributed by atoms with E-state index in [-0.39, 0.29) is 0 Å². The fraction of sp³-hybridized carbons (Fsp3) is 0. The van der Waals surface area contributed by atoms with Gasteiger partial charge in [0.1, 0.15) is 17.3 Å². The summed E-state index contributed by atoms with van der Waals surface area (Å²) in [4.78, 5) is 9.47. The first kappa shape index (κ1) is 18.9. The Hall–Kier alpha value is -4.58. The van der Waals surface area contributed by atoms with E-state index in [0.29, 0.717) is 5.69 Å². The standard InChI is InChI=1S/C28H16F2N4/c29-17-13-18(30)15-20(14-17)33-24-11-6-12-31-26(24)22-16-32-28-25(27(22)33)21-9-4-5-10-23(21)34(28)19-7-2-1-3-8-19/h1-16H. The summed E-state index contributed by atoms with van der Waals surface area (Å²) in [6, 6.07) is 25.4. The molecule has 0 aliphatic rings. The highest BCUT2D eigenvalue weighted by atomic mass is 19.1. The predicted octanol–water partition coefficient (Wildman–Crippen LogP) is 6.95. The maximum Gasteiger partial charge on any atom is 0.147 e. The van der Waals surface area contributed by atoms with Crippen LogP contribution in [0.15, 0.2) is 97.3 Å². The van der Waals surface area contributed by atoms with Gasteiger partial charge in [-0.1, -0.05) is 36.4 Å². The molecule has 0 saturated heterocycles. The molecule has 4 nitrogen and oxygen atoms in total. The van der Waals surface area contributed by atoms with Gasteiger partial charge >= 0.3 is 0 Å². The Morgan fingerprint density at radius 2 is 1.35 bits per heavy atom. The lowest BCUT2D eigenvalue weighted by Crippen LogP contribution is -1.98. The Kier molecular flexibility index (Phi) is 3.88. The number of para-hydroxylation sites is 2. The first-order valence-corrected chi connectivity index (χ1v) is 10.9. The van der Waals surface area contributed by atoms with Crippen LogP contribution in [-0.4, -0.2) is 19.1 Å². The number of rotatable bonds is 2. The van der Waals surface area contributed by atoms with Gasteiger partial charge < -0.3 is 4.57 Å². The van der Waals surface area contributed by atoms with E-state index in [4.69, 9.17) is 4.98 Å². The molecule has 3 aromatic carbocycles. The minimum Gasteiger partial charge on any atom is -0.307 e. The lowest BCUT2D eigenvalue weighted by Gasteiger charge is -2.09. The second kappa shape index (κ2) is 6.96. The third-order valence-electron chi connectivity index (χ3n) is 6.28. The van der Waals surface area contributed by atoms with E-state index in [2.05, 4.69) is 21.7 Å². The first-order valence-electron chi connectivity index (χ1n) is 10.9. The van der Waals surface area contributed by atoms with Gasteiger partial charge in [0.15, 0.2) is 0 Å². The molecule has 0 fully saturated rings. The molecular weight excluding hydrogens is 430 g/mol. The highest BCUT2D eigenvalue weighted by Gasteiger charge is 2.22. The van der Waals surface area contributed by atoms with Crippen LogP contribution in [0.1, 0.15) is 0 Å². The van der Waals surface area contributed by atoms with E-state index >= 15 is 0 Å². The van der Waals surface area contributed by atoms with Gasteiger partial charge in [-0.15, -0.1) is 0 Å². The molecule has 0 N–H and O–H groups in total. The fourth-order valence-corrected chi connectivity index (χ4v) is 4.99. The molecule has 0 amide bonds. The van der Waals surface area contributed by atoms with Crippen molar-refractivity contribution in [2.24, 2.45) is 0 Å². The molecule has 0 aliphatic carbocycles. The zero-order valence-corrected chi connectivity index (χ0v) is 17.8. The zero-order chi connectivity index (χ0) is 22.8. The summed E-state index contributed by atoms with van der Waals surface area (Å²) in [6.07, 6.45) is 3.52. The Labute approximate surface area is 192 Å². The van der Waals surface area contributed by atoms with Crippen molar-refractivity contribution in [1.82, 2.24) is 19.1 Å². The normalized spacial score (nSPS) is 11.8. The van der Waals surface area contributed by atoms with Crippen LogP contribution in [-0.2, 0) is 0 Å². The summed E-state index contributed by atoms with van der Waals surface area (Å²) >= 11 is 0. The van der Waals surface area contributed by atoms with Crippen LogP contribution in [0, 0.1) is 11.6 Å². The van der Waals surface area contributed by atoms with Gasteiger partial charge in [-0.2, -0.15) is 0 Å². The summed E-state index contributed by atoms with van der Waals surface area (Å²) in [5.74, 6) is -1.27. The van der Waals surface area contributed by atoms with Gasteiger partial charge in [-0.05, 0) is 42.5 Å². The van der Waals surface area contributed by atoms with Crippen LogP contribution < -0.4 is 0 Å². The smallest absolute Gasteiger partial charge is 0.147 e. The average molecular weight is 446 g/mol. The number of fused-ring (bicyclic) bond motifs is 7. The van der Waals surface area contributed by atoms with Crippen LogP contribution in [0.4, 0.5) is 8.78 Å². The third kappa shape index (κ3) is 2.56. The van der Waals surface area contributed by atoms with Crippen molar-refractivity contribution in [3.8, 4) is 11.4 Å². The summed E-state index contributed by atoms with van der Waals surface area (Å²) in [6.45, 7) is 0. The predicted molar refractivity (Wildman–Crippen MR) is 131 cm³/mol. The Bertz CT molecular complexity index is 1860. The molecule has 0 unspecified atom stereocenters. The van der Waals surface area contributed by atoms with E-state index in [1.54, 1.807) is 12.4 Å². The van der Waals surface area contributed by atoms with Crippen molar-refractivity contribution in [1.29, 1.82) is 0 Å². The second-order valence-corrected chi connectivity index (χ2v) is 8.24. The van der Waals surface area contributed by atoms with Crippen LogP contribution in [0.25, 0.3) is 55.2 Å². The van der Waals surface area contributed by atoms with Gasteiger partial charge in [-0.25, -0.2) is 13.8 Å². The number of nitrogens with zero attached hydrogens (tertiary/aromatic N) is 4. The van der Waals surface area contributed by atoms with Crippen LogP contribution >= 0.6 is 0 Å². The van der Waals surface area contributed by atoms with Gasteiger partial charge in [0.05, 0.1) is 33.1 Å². The van der Waals surface area contributed by atoms with Crippen molar-refractivity contribution in [2.75, 3.05) is 0 Å². The minimum atomic E-state index is -0.633. The molecule has 6 heteroatoms. The highest BCUT2D eigenvalue weighted by Crippen LogP contribution is 2.40. The third-order valence-corrected chi connectivity index (χ3v) is 6.28. The Morgan fingerprint density at radius 3 is 2.18 bits per heavy atom. The molecule has 162 valence electrons. The summed E-state index contributed by atoms with van der Waals surface area (Å²) in [5, 5.41) is 2.73. The molecule has 0 radical (unpaired) electrons. The van der Waals surface area contributed by atoms with Crippen LogP contribution in [0.2, 0.25) is 0 Å². The molecule has 0 atom stereocenters. The molecule has 0 bridgehead atoms. The lowest BCUT2D eigenvalue weighted by atomic mass is 10.1. The highest BCUT2D eigenvalue weighted by molar-refractivity contribution is 6.24.